The van der Waals surface area contributed by atoms with Crippen molar-refractivity contribution in [2.75, 3.05) is 60.1 Å². The van der Waals surface area contributed by atoms with Crippen LogP contribution in [0.1, 0.15) is 47.0 Å². The van der Waals surface area contributed by atoms with E-state index in [4.69, 9.17) is 14.2 Å². The predicted molar refractivity (Wildman–Crippen MR) is 112 cm³/mol. The van der Waals surface area contributed by atoms with Crippen LogP contribution in [0.2, 0.25) is 0 Å². The number of carbonyl (C=O) groups excluding carboxylic acids is 1. The van der Waals surface area contributed by atoms with Crippen molar-refractivity contribution in [3.63, 3.8) is 0 Å². The minimum atomic E-state index is -0.482. The van der Waals surface area contributed by atoms with Crippen molar-refractivity contribution in [1.82, 2.24) is 15.1 Å². The number of likely N-dealkylation sites (N-methyl/N-ethyl adjacent to an activating group) is 1. The van der Waals surface area contributed by atoms with Crippen molar-refractivity contribution in [2.24, 2.45) is 4.99 Å². The van der Waals surface area contributed by atoms with Crippen LogP contribution in [0.4, 0.5) is 4.79 Å². The van der Waals surface area contributed by atoms with Gasteiger partial charge in [-0.05, 0) is 47.0 Å². The van der Waals surface area contributed by atoms with E-state index < -0.39 is 5.60 Å². The van der Waals surface area contributed by atoms with Crippen LogP contribution < -0.4 is 5.32 Å². The Morgan fingerprint density at radius 3 is 2.46 bits per heavy atom. The van der Waals surface area contributed by atoms with Gasteiger partial charge in [-0.3, -0.25) is 4.99 Å². The zero-order valence-electron chi connectivity index (χ0n) is 18.6. The lowest BCUT2D eigenvalue weighted by Crippen LogP contribution is -2.49. The van der Waals surface area contributed by atoms with Crippen LogP contribution in [-0.2, 0) is 14.2 Å². The molecule has 0 aromatic rings. The number of piperidine rings is 1. The van der Waals surface area contributed by atoms with Crippen LogP contribution in [0.5, 0.6) is 0 Å². The zero-order chi connectivity index (χ0) is 21.0. The topological polar surface area (TPSA) is 75.6 Å². The minimum absolute atomic E-state index is 0.279. The highest BCUT2D eigenvalue weighted by Gasteiger charge is 2.23. The first-order chi connectivity index (χ1) is 13.3. The van der Waals surface area contributed by atoms with Gasteiger partial charge in [0, 0.05) is 60.1 Å². The summed E-state index contributed by atoms with van der Waals surface area (Å²) in [6.07, 6.45) is 2.96. The average molecular weight is 401 g/mol. The van der Waals surface area contributed by atoms with E-state index in [9.17, 15) is 4.79 Å². The van der Waals surface area contributed by atoms with Crippen LogP contribution in [-0.4, -0.2) is 93.7 Å². The summed E-state index contributed by atoms with van der Waals surface area (Å²) in [6, 6.07) is 0. The molecule has 1 amide bonds. The van der Waals surface area contributed by atoms with E-state index in [1.807, 2.05) is 27.7 Å². The summed E-state index contributed by atoms with van der Waals surface area (Å²) in [5, 5.41) is 3.37. The molecule has 0 bridgehead atoms. The van der Waals surface area contributed by atoms with Crippen LogP contribution in [0, 0.1) is 0 Å². The number of guanidine groups is 1. The maximum atomic E-state index is 12.2. The van der Waals surface area contributed by atoms with Crippen molar-refractivity contribution >= 4 is 12.1 Å². The Kier molecular flexibility index (Phi) is 11.2. The number of carbonyl (C=O) groups is 1. The number of hydrogen-bond acceptors (Lipinski definition) is 5. The van der Waals surface area contributed by atoms with Crippen LogP contribution in [0.25, 0.3) is 0 Å². The lowest BCUT2D eigenvalue weighted by atomic mass is 10.1. The van der Waals surface area contributed by atoms with Gasteiger partial charge in [-0.1, -0.05) is 0 Å². The number of nitrogens with one attached hydrogen (secondary N) is 1. The molecular formula is C20H40N4O4. The second-order valence-electron chi connectivity index (χ2n) is 7.94. The highest BCUT2D eigenvalue weighted by atomic mass is 16.6. The van der Waals surface area contributed by atoms with Crippen LogP contribution in [0.15, 0.2) is 4.99 Å². The van der Waals surface area contributed by atoms with Crippen molar-refractivity contribution in [3.8, 4) is 0 Å². The van der Waals surface area contributed by atoms with Gasteiger partial charge >= 0.3 is 6.09 Å². The van der Waals surface area contributed by atoms with Crippen LogP contribution >= 0.6 is 0 Å². The molecule has 1 rings (SSSR count). The highest BCUT2D eigenvalue weighted by molar-refractivity contribution is 5.80. The molecule has 0 atom stereocenters. The Morgan fingerprint density at radius 2 is 1.93 bits per heavy atom. The third kappa shape index (κ3) is 9.59. The molecule has 0 aromatic heterocycles. The van der Waals surface area contributed by atoms with Crippen molar-refractivity contribution in [1.29, 1.82) is 0 Å². The van der Waals surface area contributed by atoms with Gasteiger partial charge in [-0.25, -0.2) is 4.79 Å². The second-order valence-corrected chi connectivity index (χ2v) is 7.94. The first-order valence-electron chi connectivity index (χ1n) is 10.3. The molecule has 1 aliphatic heterocycles. The molecule has 1 N–H and O–H groups in total. The van der Waals surface area contributed by atoms with E-state index in [-0.39, 0.29) is 6.09 Å². The van der Waals surface area contributed by atoms with Gasteiger partial charge in [0.15, 0.2) is 5.96 Å². The maximum absolute atomic E-state index is 12.2. The van der Waals surface area contributed by atoms with Gasteiger partial charge in [-0.15, -0.1) is 0 Å². The summed E-state index contributed by atoms with van der Waals surface area (Å²) in [4.78, 5) is 20.6. The zero-order valence-corrected chi connectivity index (χ0v) is 18.6. The predicted octanol–water partition coefficient (Wildman–Crippen LogP) is 2.34. The summed E-state index contributed by atoms with van der Waals surface area (Å²) in [5.41, 5.74) is -0.482. The van der Waals surface area contributed by atoms with E-state index in [2.05, 4.69) is 15.2 Å². The quantitative estimate of drug-likeness (QED) is 0.364. The molecular weight excluding hydrogens is 360 g/mol. The van der Waals surface area contributed by atoms with Gasteiger partial charge in [0.25, 0.3) is 0 Å². The fourth-order valence-electron chi connectivity index (χ4n) is 3.03. The maximum Gasteiger partial charge on any atom is 0.410 e. The van der Waals surface area contributed by atoms with Gasteiger partial charge in [0.1, 0.15) is 5.60 Å². The molecule has 164 valence electrons. The first kappa shape index (κ1) is 24.5. The van der Waals surface area contributed by atoms with Gasteiger partial charge in [0.2, 0.25) is 0 Å². The molecule has 0 aromatic carbocycles. The largest absolute Gasteiger partial charge is 0.444 e. The van der Waals surface area contributed by atoms with Gasteiger partial charge in [0.05, 0.1) is 6.10 Å². The van der Waals surface area contributed by atoms with Crippen LogP contribution in [0.3, 0.4) is 0 Å². The summed E-state index contributed by atoms with van der Waals surface area (Å²) in [7, 11) is 3.51. The van der Waals surface area contributed by atoms with E-state index in [1.165, 1.54) is 0 Å². The minimum Gasteiger partial charge on any atom is -0.444 e. The fourth-order valence-corrected chi connectivity index (χ4v) is 3.03. The number of nitrogens with zero attached hydrogens (tertiary/aromatic N) is 3. The molecule has 0 unspecified atom stereocenters. The summed E-state index contributed by atoms with van der Waals surface area (Å²) < 4.78 is 16.4. The molecule has 1 heterocycles. The molecule has 0 radical (unpaired) electrons. The van der Waals surface area contributed by atoms with Gasteiger partial charge in [-0.2, -0.15) is 0 Å². The van der Waals surface area contributed by atoms with E-state index in [0.717, 1.165) is 51.5 Å². The summed E-state index contributed by atoms with van der Waals surface area (Å²) in [6.45, 7) is 12.7. The van der Waals surface area contributed by atoms with Crippen molar-refractivity contribution < 1.29 is 19.0 Å². The summed E-state index contributed by atoms with van der Waals surface area (Å²) >= 11 is 0. The third-order valence-corrected chi connectivity index (χ3v) is 4.50. The smallest absolute Gasteiger partial charge is 0.410 e. The Hall–Kier alpha value is -1.54. The second kappa shape index (κ2) is 12.8. The Balaban J connectivity index is 2.34. The average Bonchev–Trinajstić information content (AvgIpc) is 2.65. The number of ether oxygens (including phenoxy) is 3. The fraction of sp³-hybridized carbons (Fsp3) is 0.900. The molecule has 28 heavy (non-hydrogen) atoms. The lowest BCUT2D eigenvalue weighted by Gasteiger charge is -2.34. The van der Waals surface area contributed by atoms with Gasteiger partial charge < -0.3 is 29.3 Å². The Bertz CT molecular complexity index is 471. The third-order valence-electron chi connectivity index (χ3n) is 4.50. The molecule has 0 aliphatic carbocycles. The molecule has 0 spiro atoms. The molecule has 1 aliphatic rings. The number of rotatable bonds is 9. The molecule has 1 saturated heterocycles. The van der Waals surface area contributed by atoms with Crippen molar-refractivity contribution in [2.45, 2.75) is 58.7 Å². The van der Waals surface area contributed by atoms with E-state index >= 15 is 0 Å². The normalized spacial score (nSPS) is 16.2. The lowest BCUT2D eigenvalue weighted by molar-refractivity contribution is 0.00978. The highest BCUT2D eigenvalue weighted by Crippen LogP contribution is 2.14. The van der Waals surface area contributed by atoms with Crippen molar-refractivity contribution in [3.05, 3.63) is 0 Å². The Morgan fingerprint density at radius 1 is 1.25 bits per heavy atom. The Labute approximate surface area is 170 Å². The molecule has 8 heteroatoms. The number of amides is 1. The molecule has 1 fully saturated rings. The number of hydrogen-bond donors (Lipinski definition) is 1. The SMILES string of the molecule is CCN(CCNC(=NC)N1CCC(OCCCOC)CC1)C(=O)OC(C)(C)C. The molecule has 8 nitrogen and oxygen atoms in total. The number of methoxy groups -OCH3 is 1. The van der Waals surface area contributed by atoms with E-state index in [0.29, 0.717) is 25.7 Å². The first-order valence-corrected chi connectivity index (χ1v) is 10.3. The number of likely N-dealkylation sites (tertiary alicyclic amines) is 1. The monoisotopic (exact) mass is 400 g/mol. The van der Waals surface area contributed by atoms with E-state index in [1.54, 1.807) is 19.1 Å². The summed E-state index contributed by atoms with van der Waals surface area (Å²) in [5.74, 6) is 0.873. The molecule has 0 saturated carbocycles. The standard InChI is InChI=1S/C20H40N4O4/c1-7-23(19(25)28-20(2,3)4)14-11-22-18(21-5)24-12-9-17(10-13-24)27-16-8-15-26-6/h17H,7-16H2,1-6H3,(H,21,22). The number of aliphatic imine (C=N–C) groups is 1.